The van der Waals surface area contributed by atoms with Gasteiger partial charge in [-0.2, -0.15) is 0 Å². The van der Waals surface area contributed by atoms with E-state index in [0.29, 0.717) is 17.0 Å². The van der Waals surface area contributed by atoms with Crippen LogP contribution in [0.5, 0.6) is 5.75 Å². The summed E-state index contributed by atoms with van der Waals surface area (Å²) in [4.78, 5) is 0. The van der Waals surface area contributed by atoms with Gasteiger partial charge in [0.2, 0.25) is 0 Å². The van der Waals surface area contributed by atoms with Crippen LogP contribution >= 0.6 is 0 Å². The van der Waals surface area contributed by atoms with Crippen LogP contribution in [0.3, 0.4) is 0 Å². The molecule has 0 fully saturated rings. The average molecular weight is 263 g/mol. The summed E-state index contributed by atoms with van der Waals surface area (Å²) in [6.07, 6.45) is 0. The molecular formula is C15H15F2NO. The molecule has 2 aromatic carbocycles. The van der Waals surface area contributed by atoms with Gasteiger partial charge in [0.15, 0.2) is 0 Å². The highest BCUT2D eigenvalue weighted by Gasteiger charge is 2.05. The molecular weight excluding hydrogens is 248 g/mol. The SMILES string of the molecule is Cc1cc(OCc2cc(F)cc(F)c2)c(C)cc1N. The van der Waals surface area contributed by atoms with Crippen molar-refractivity contribution >= 4 is 5.69 Å². The minimum atomic E-state index is -0.608. The van der Waals surface area contributed by atoms with Gasteiger partial charge in [0.25, 0.3) is 0 Å². The molecule has 4 heteroatoms. The molecule has 0 aliphatic carbocycles. The first-order valence-corrected chi connectivity index (χ1v) is 5.90. The maximum Gasteiger partial charge on any atom is 0.126 e. The number of hydrogen-bond donors (Lipinski definition) is 1. The number of rotatable bonds is 3. The zero-order chi connectivity index (χ0) is 14.0. The van der Waals surface area contributed by atoms with Gasteiger partial charge in [-0.3, -0.25) is 0 Å². The van der Waals surface area contributed by atoms with Crippen molar-refractivity contribution in [3.8, 4) is 5.75 Å². The Hall–Kier alpha value is -2.10. The third-order valence-corrected chi connectivity index (χ3v) is 2.88. The molecule has 2 N–H and O–H groups in total. The molecule has 0 saturated carbocycles. The van der Waals surface area contributed by atoms with Crippen molar-refractivity contribution < 1.29 is 13.5 Å². The monoisotopic (exact) mass is 263 g/mol. The molecule has 0 amide bonds. The van der Waals surface area contributed by atoms with E-state index in [1.807, 2.05) is 26.0 Å². The molecule has 0 spiro atoms. The van der Waals surface area contributed by atoms with Crippen molar-refractivity contribution in [3.63, 3.8) is 0 Å². The van der Waals surface area contributed by atoms with Crippen LogP contribution in [0.2, 0.25) is 0 Å². The fourth-order valence-electron chi connectivity index (χ4n) is 1.82. The maximum absolute atomic E-state index is 13.0. The number of ether oxygens (including phenoxy) is 1. The Balaban J connectivity index is 2.16. The van der Waals surface area contributed by atoms with Crippen LogP contribution in [0, 0.1) is 25.5 Å². The molecule has 0 aliphatic rings. The predicted octanol–water partition coefficient (Wildman–Crippen LogP) is 3.74. The molecule has 19 heavy (non-hydrogen) atoms. The van der Waals surface area contributed by atoms with Crippen molar-refractivity contribution in [1.29, 1.82) is 0 Å². The standard InChI is InChI=1S/C15H15F2NO/c1-9-4-15(10(2)3-14(9)18)19-8-11-5-12(16)7-13(17)6-11/h3-7H,8,18H2,1-2H3. The highest BCUT2D eigenvalue weighted by atomic mass is 19.1. The van der Waals surface area contributed by atoms with E-state index in [0.717, 1.165) is 17.2 Å². The quantitative estimate of drug-likeness (QED) is 0.856. The predicted molar refractivity (Wildman–Crippen MR) is 71.0 cm³/mol. The van der Waals surface area contributed by atoms with E-state index < -0.39 is 11.6 Å². The van der Waals surface area contributed by atoms with E-state index in [1.54, 1.807) is 0 Å². The van der Waals surface area contributed by atoms with Crippen LogP contribution in [-0.2, 0) is 6.61 Å². The number of nitrogen functional groups attached to an aromatic ring is 1. The van der Waals surface area contributed by atoms with Gasteiger partial charge >= 0.3 is 0 Å². The van der Waals surface area contributed by atoms with Crippen molar-refractivity contribution in [3.05, 3.63) is 58.7 Å². The summed E-state index contributed by atoms with van der Waals surface area (Å²) in [6, 6.07) is 6.98. The van der Waals surface area contributed by atoms with Gasteiger partial charge in [-0.05, 0) is 54.8 Å². The van der Waals surface area contributed by atoms with Gasteiger partial charge in [0.1, 0.15) is 24.0 Å². The van der Waals surface area contributed by atoms with Crippen molar-refractivity contribution in [2.75, 3.05) is 5.73 Å². The Kier molecular flexibility index (Phi) is 3.69. The molecule has 0 aliphatic heterocycles. The summed E-state index contributed by atoms with van der Waals surface area (Å²) in [5.41, 5.74) is 8.73. The fourth-order valence-corrected chi connectivity index (χ4v) is 1.82. The highest BCUT2D eigenvalue weighted by Crippen LogP contribution is 2.25. The lowest BCUT2D eigenvalue weighted by Crippen LogP contribution is -2.00. The van der Waals surface area contributed by atoms with Crippen molar-refractivity contribution in [1.82, 2.24) is 0 Å². The zero-order valence-corrected chi connectivity index (χ0v) is 10.8. The molecule has 0 heterocycles. The Morgan fingerprint density at radius 2 is 1.58 bits per heavy atom. The molecule has 0 unspecified atom stereocenters. The number of benzene rings is 2. The number of nitrogens with two attached hydrogens (primary N) is 1. The van der Waals surface area contributed by atoms with Gasteiger partial charge in [0, 0.05) is 11.8 Å². The van der Waals surface area contributed by atoms with E-state index in [4.69, 9.17) is 10.5 Å². The molecule has 0 saturated heterocycles. The number of halogens is 2. The molecule has 100 valence electrons. The summed E-state index contributed by atoms with van der Waals surface area (Å²) in [5.74, 6) is -0.552. The molecule has 0 bridgehead atoms. The minimum absolute atomic E-state index is 0.110. The Bertz CT molecular complexity index is 591. The van der Waals surface area contributed by atoms with Crippen LogP contribution < -0.4 is 10.5 Å². The van der Waals surface area contributed by atoms with Crippen molar-refractivity contribution in [2.24, 2.45) is 0 Å². The Morgan fingerprint density at radius 1 is 0.947 bits per heavy atom. The van der Waals surface area contributed by atoms with E-state index in [9.17, 15) is 8.78 Å². The second kappa shape index (κ2) is 5.26. The van der Waals surface area contributed by atoms with Gasteiger partial charge in [-0.25, -0.2) is 8.78 Å². The summed E-state index contributed by atoms with van der Waals surface area (Å²) in [5, 5.41) is 0. The van der Waals surface area contributed by atoms with Crippen LogP contribution in [0.25, 0.3) is 0 Å². The van der Waals surface area contributed by atoms with Crippen LogP contribution in [0.1, 0.15) is 16.7 Å². The largest absolute Gasteiger partial charge is 0.489 e. The lowest BCUT2D eigenvalue weighted by molar-refractivity contribution is 0.302. The van der Waals surface area contributed by atoms with E-state index >= 15 is 0 Å². The first-order chi connectivity index (χ1) is 8.95. The second-order valence-electron chi connectivity index (χ2n) is 4.54. The minimum Gasteiger partial charge on any atom is -0.489 e. The van der Waals surface area contributed by atoms with Gasteiger partial charge < -0.3 is 10.5 Å². The molecule has 2 nitrogen and oxygen atoms in total. The van der Waals surface area contributed by atoms with Gasteiger partial charge in [-0.15, -0.1) is 0 Å². The third-order valence-electron chi connectivity index (χ3n) is 2.88. The van der Waals surface area contributed by atoms with Crippen molar-refractivity contribution in [2.45, 2.75) is 20.5 Å². The number of aryl methyl sites for hydroxylation is 2. The van der Waals surface area contributed by atoms with E-state index in [2.05, 4.69) is 0 Å². The number of anilines is 1. The zero-order valence-electron chi connectivity index (χ0n) is 10.8. The summed E-state index contributed by atoms with van der Waals surface area (Å²) in [7, 11) is 0. The smallest absolute Gasteiger partial charge is 0.126 e. The lowest BCUT2D eigenvalue weighted by Gasteiger charge is -2.12. The first kappa shape index (κ1) is 13.3. The molecule has 2 rings (SSSR count). The average Bonchev–Trinajstić information content (AvgIpc) is 2.31. The molecule has 0 aromatic heterocycles. The second-order valence-corrected chi connectivity index (χ2v) is 4.54. The summed E-state index contributed by atoms with van der Waals surface area (Å²) >= 11 is 0. The third kappa shape index (κ3) is 3.22. The topological polar surface area (TPSA) is 35.2 Å². The molecule has 2 aromatic rings. The van der Waals surface area contributed by atoms with E-state index in [1.165, 1.54) is 12.1 Å². The van der Waals surface area contributed by atoms with Crippen LogP contribution in [0.15, 0.2) is 30.3 Å². The fraction of sp³-hybridized carbons (Fsp3) is 0.200. The van der Waals surface area contributed by atoms with E-state index in [-0.39, 0.29) is 6.61 Å². The Labute approximate surface area is 110 Å². The molecule has 0 radical (unpaired) electrons. The maximum atomic E-state index is 13.0. The molecule has 0 atom stereocenters. The summed E-state index contributed by atoms with van der Waals surface area (Å²) < 4.78 is 31.7. The van der Waals surface area contributed by atoms with Gasteiger partial charge in [0.05, 0.1) is 0 Å². The Morgan fingerprint density at radius 3 is 2.21 bits per heavy atom. The normalized spacial score (nSPS) is 10.5. The van der Waals surface area contributed by atoms with Crippen LogP contribution in [-0.4, -0.2) is 0 Å². The van der Waals surface area contributed by atoms with Crippen LogP contribution in [0.4, 0.5) is 14.5 Å². The number of hydrogen-bond acceptors (Lipinski definition) is 2. The first-order valence-electron chi connectivity index (χ1n) is 5.90. The van der Waals surface area contributed by atoms with Gasteiger partial charge in [-0.1, -0.05) is 0 Å². The summed E-state index contributed by atoms with van der Waals surface area (Å²) in [6.45, 7) is 3.86. The highest BCUT2D eigenvalue weighted by molar-refractivity contribution is 5.53. The lowest BCUT2D eigenvalue weighted by atomic mass is 10.1.